The molecular formula is C13H14F2N2O2. The molecule has 0 radical (unpaired) electrons. The van der Waals surface area contributed by atoms with Gasteiger partial charge in [0, 0.05) is 25.7 Å². The first-order chi connectivity index (χ1) is 9.02. The van der Waals surface area contributed by atoms with Crippen molar-refractivity contribution in [1.82, 2.24) is 10.2 Å². The van der Waals surface area contributed by atoms with E-state index in [0.29, 0.717) is 6.54 Å². The first kappa shape index (κ1) is 13.3. The Kier molecular flexibility index (Phi) is 3.69. The molecule has 1 aliphatic heterocycles. The van der Waals surface area contributed by atoms with Gasteiger partial charge in [0.1, 0.15) is 24.0 Å². The number of halogens is 2. The summed E-state index contributed by atoms with van der Waals surface area (Å²) in [5.74, 6) is -1.29. The number of amides is 2. The molecule has 1 aliphatic rings. The summed E-state index contributed by atoms with van der Waals surface area (Å²) < 4.78 is 31.9. The maximum Gasteiger partial charge on any atom is 0.318 e. The van der Waals surface area contributed by atoms with Crippen molar-refractivity contribution in [3.8, 4) is 5.75 Å². The van der Waals surface area contributed by atoms with Crippen molar-refractivity contribution in [3.05, 3.63) is 42.0 Å². The maximum absolute atomic E-state index is 13.7. The molecule has 0 aliphatic carbocycles. The van der Waals surface area contributed by atoms with E-state index in [2.05, 4.69) is 11.9 Å². The predicted molar refractivity (Wildman–Crippen MR) is 66.0 cm³/mol. The van der Waals surface area contributed by atoms with Gasteiger partial charge in [-0.15, -0.1) is 6.58 Å². The Bertz CT molecular complexity index is 520. The summed E-state index contributed by atoms with van der Waals surface area (Å²) in [6.07, 6.45) is 1.58. The van der Waals surface area contributed by atoms with Crippen molar-refractivity contribution in [2.24, 2.45) is 0 Å². The van der Waals surface area contributed by atoms with Crippen LogP contribution in [0.25, 0.3) is 0 Å². The standard InChI is InChI=1S/C13H14F2N2O2/c1-3-4-17(2)13(18)16-10-7-19-11-6-8(14)5-9(15)12(10)11/h3,5-6,10H,1,4,7H2,2H3,(H,16,18)/t10-/m0/s1. The van der Waals surface area contributed by atoms with Gasteiger partial charge in [0.05, 0.1) is 11.6 Å². The Morgan fingerprint density at radius 3 is 3.05 bits per heavy atom. The quantitative estimate of drug-likeness (QED) is 0.854. The van der Waals surface area contributed by atoms with Crippen LogP contribution < -0.4 is 10.1 Å². The highest BCUT2D eigenvalue weighted by atomic mass is 19.1. The van der Waals surface area contributed by atoms with E-state index in [9.17, 15) is 13.6 Å². The smallest absolute Gasteiger partial charge is 0.318 e. The number of nitrogens with one attached hydrogen (secondary N) is 1. The number of nitrogens with zero attached hydrogens (tertiary/aromatic N) is 1. The van der Waals surface area contributed by atoms with E-state index in [1.54, 1.807) is 13.1 Å². The predicted octanol–water partition coefficient (Wildman–Crippen LogP) is 2.23. The highest BCUT2D eigenvalue weighted by Gasteiger charge is 2.30. The molecule has 6 heteroatoms. The number of likely N-dealkylation sites (N-methyl/N-ethyl adjacent to an activating group) is 1. The number of ether oxygens (including phenoxy) is 1. The van der Waals surface area contributed by atoms with Crippen molar-refractivity contribution in [1.29, 1.82) is 0 Å². The van der Waals surface area contributed by atoms with Gasteiger partial charge in [-0.25, -0.2) is 13.6 Å². The lowest BCUT2D eigenvalue weighted by Gasteiger charge is -2.19. The van der Waals surface area contributed by atoms with Crippen LogP contribution >= 0.6 is 0 Å². The summed E-state index contributed by atoms with van der Waals surface area (Å²) in [4.78, 5) is 13.2. The molecule has 1 aromatic rings. The number of hydrogen-bond acceptors (Lipinski definition) is 2. The second kappa shape index (κ2) is 5.26. The molecule has 1 aromatic carbocycles. The number of benzene rings is 1. The minimum atomic E-state index is -0.718. The van der Waals surface area contributed by atoms with Crippen LogP contribution in [0.1, 0.15) is 11.6 Å². The second-order valence-electron chi connectivity index (χ2n) is 4.28. The van der Waals surface area contributed by atoms with E-state index in [4.69, 9.17) is 4.74 Å². The molecule has 1 heterocycles. The number of rotatable bonds is 3. The largest absolute Gasteiger partial charge is 0.490 e. The zero-order valence-corrected chi connectivity index (χ0v) is 10.5. The number of fused-ring (bicyclic) bond motifs is 1. The van der Waals surface area contributed by atoms with E-state index in [1.165, 1.54) is 4.90 Å². The maximum atomic E-state index is 13.7. The molecule has 2 amide bonds. The SMILES string of the molecule is C=CCN(C)C(=O)N[C@H]1COc2cc(F)cc(F)c21. The molecule has 0 saturated heterocycles. The third kappa shape index (κ3) is 2.67. The minimum absolute atomic E-state index is 0.0867. The molecule has 0 fully saturated rings. The third-order valence-electron chi connectivity index (χ3n) is 2.86. The van der Waals surface area contributed by atoms with E-state index in [1.807, 2.05) is 0 Å². The normalized spacial score (nSPS) is 16.5. The molecule has 0 aromatic heterocycles. The second-order valence-corrected chi connectivity index (χ2v) is 4.28. The van der Waals surface area contributed by atoms with Crippen molar-refractivity contribution < 1.29 is 18.3 Å². The van der Waals surface area contributed by atoms with Crippen LogP contribution in [0.3, 0.4) is 0 Å². The van der Waals surface area contributed by atoms with Gasteiger partial charge in [-0.2, -0.15) is 0 Å². The first-order valence-electron chi connectivity index (χ1n) is 5.77. The van der Waals surface area contributed by atoms with Crippen LogP contribution in [0.5, 0.6) is 5.75 Å². The molecular weight excluding hydrogens is 254 g/mol. The Morgan fingerprint density at radius 1 is 1.63 bits per heavy atom. The van der Waals surface area contributed by atoms with Crippen molar-refractivity contribution in [3.63, 3.8) is 0 Å². The Morgan fingerprint density at radius 2 is 2.37 bits per heavy atom. The van der Waals surface area contributed by atoms with Crippen LogP contribution in [0.15, 0.2) is 24.8 Å². The molecule has 0 unspecified atom stereocenters. The molecule has 19 heavy (non-hydrogen) atoms. The topological polar surface area (TPSA) is 41.6 Å². The van der Waals surface area contributed by atoms with Crippen LogP contribution in [0.4, 0.5) is 13.6 Å². The average molecular weight is 268 g/mol. The molecule has 4 nitrogen and oxygen atoms in total. The summed E-state index contributed by atoms with van der Waals surface area (Å²) in [7, 11) is 1.59. The van der Waals surface area contributed by atoms with Gasteiger partial charge in [-0.05, 0) is 0 Å². The first-order valence-corrected chi connectivity index (χ1v) is 5.77. The molecule has 0 bridgehead atoms. The van der Waals surface area contributed by atoms with Crippen LogP contribution in [-0.2, 0) is 0 Å². The zero-order chi connectivity index (χ0) is 14.0. The Balaban J connectivity index is 2.15. The summed E-state index contributed by atoms with van der Waals surface area (Å²) in [5.41, 5.74) is 0.182. The molecule has 0 saturated carbocycles. The molecule has 2 rings (SSSR count). The summed E-state index contributed by atoms with van der Waals surface area (Å²) in [6.45, 7) is 3.99. The van der Waals surface area contributed by atoms with Crippen LogP contribution in [-0.4, -0.2) is 31.1 Å². The summed E-state index contributed by atoms with van der Waals surface area (Å²) in [5, 5.41) is 2.63. The number of carbonyl (C=O) groups is 1. The lowest BCUT2D eigenvalue weighted by atomic mass is 10.1. The van der Waals surface area contributed by atoms with E-state index in [-0.39, 0.29) is 24.0 Å². The van der Waals surface area contributed by atoms with Gasteiger partial charge in [0.25, 0.3) is 0 Å². The number of urea groups is 1. The van der Waals surface area contributed by atoms with E-state index < -0.39 is 17.7 Å². The fourth-order valence-corrected chi connectivity index (χ4v) is 1.92. The summed E-state index contributed by atoms with van der Waals surface area (Å²) in [6, 6.07) is 0.901. The lowest BCUT2D eigenvalue weighted by molar-refractivity contribution is 0.204. The third-order valence-corrected chi connectivity index (χ3v) is 2.86. The van der Waals surface area contributed by atoms with Gasteiger partial charge in [0.15, 0.2) is 0 Å². The monoisotopic (exact) mass is 268 g/mol. The van der Waals surface area contributed by atoms with E-state index in [0.717, 1.165) is 12.1 Å². The van der Waals surface area contributed by atoms with E-state index >= 15 is 0 Å². The van der Waals surface area contributed by atoms with Gasteiger partial charge >= 0.3 is 6.03 Å². The fourth-order valence-electron chi connectivity index (χ4n) is 1.92. The van der Waals surface area contributed by atoms with Crippen molar-refractivity contribution >= 4 is 6.03 Å². The lowest BCUT2D eigenvalue weighted by Crippen LogP contribution is -2.40. The number of carbonyl (C=O) groups excluding carboxylic acids is 1. The molecule has 102 valence electrons. The molecule has 1 N–H and O–H groups in total. The van der Waals surface area contributed by atoms with Crippen LogP contribution in [0.2, 0.25) is 0 Å². The summed E-state index contributed by atoms with van der Waals surface area (Å²) >= 11 is 0. The van der Waals surface area contributed by atoms with Gasteiger partial charge < -0.3 is 15.0 Å². The zero-order valence-electron chi connectivity index (χ0n) is 10.5. The highest BCUT2D eigenvalue weighted by molar-refractivity contribution is 5.75. The molecule has 1 atom stereocenters. The highest BCUT2D eigenvalue weighted by Crippen LogP contribution is 2.35. The Labute approximate surface area is 109 Å². The molecule has 0 spiro atoms. The van der Waals surface area contributed by atoms with Gasteiger partial charge in [-0.1, -0.05) is 6.08 Å². The van der Waals surface area contributed by atoms with Gasteiger partial charge in [0.2, 0.25) is 0 Å². The minimum Gasteiger partial charge on any atom is -0.490 e. The number of hydrogen-bond donors (Lipinski definition) is 1. The average Bonchev–Trinajstić information content (AvgIpc) is 2.72. The van der Waals surface area contributed by atoms with Gasteiger partial charge in [-0.3, -0.25) is 0 Å². The van der Waals surface area contributed by atoms with Crippen molar-refractivity contribution in [2.45, 2.75) is 6.04 Å². The van der Waals surface area contributed by atoms with Crippen molar-refractivity contribution in [2.75, 3.05) is 20.2 Å². The van der Waals surface area contributed by atoms with Crippen LogP contribution in [0, 0.1) is 11.6 Å². The fraction of sp³-hybridized carbons (Fsp3) is 0.308. The Hall–Kier alpha value is -2.11.